The number of hydrogen-bond acceptors (Lipinski definition) is 6. The minimum atomic E-state index is -3.44. The minimum absolute atomic E-state index is 0.0516. The van der Waals surface area contributed by atoms with Crippen LogP contribution in [-0.4, -0.2) is 40.9 Å². The molecule has 150 valence electrons. The van der Waals surface area contributed by atoms with E-state index in [9.17, 15) is 21.6 Å². The van der Waals surface area contributed by atoms with Crippen LogP contribution < -0.4 is 9.64 Å². The lowest BCUT2D eigenvalue weighted by molar-refractivity contribution is -0.125. The maximum atomic E-state index is 12.7. The van der Waals surface area contributed by atoms with Gasteiger partial charge in [0.05, 0.1) is 27.8 Å². The Kier molecular flexibility index (Phi) is 5.24. The molecular formula is C19H21NO6S2. The molecule has 0 N–H and O–H groups in total. The zero-order valence-corrected chi connectivity index (χ0v) is 17.4. The van der Waals surface area contributed by atoms with Gasteiger partial charge in [0.25, 0.3) is 5.91 Å². The highest BCUT2D eigenvalue weighted by Gasteiger charge is 2.32. The van der Waals surface area contributed by atoms with Gasteiger partial charge in [-0.1, -0.05) is 19.1 Å². The van der Waals surface area contributed by atoms with Crippen LogP contribution in [-0.2, 0) is 31.0 Å². The molecule has 3 rings (SSSR count). The Hall–Kier alpha value is -2.39. The second-order valence-electron chi connectivity index (χ2n) is 6.63. The first-order valence-corrected chi connectivity index (χ1v) is 12.2. The quantitative estimate of drug-likeness (QED) is 0.731. The average Bonchev–Trinajstić information content (AvgIpc) is 2.64. The number of amides is 1. The Bertz CT molecular complexity index is 1120. The summed E-state index contributed by atoms with van der Waals surface area (Å²) in [4.78, 5) is 14.5. The molecule has 2 aromatic rings. The summed E-state index contributed by atoms with van der Waals surface area (Å²) in [5.41, 5.74) is 1.09. The van der Waals surface area contributed by atoms with Gasteiger partial charge >= 0.3 is 0 Å². The van der Waals surface area contributed by atoms with E-state index in [-0.39, 0.29) is 28.0 Å². The van der Waals surface area contributed by atoms with Crippen LogP contribution in [0.2, 0.25) is 0 Å². The molecule has 0 aromatic heterocycles. The summed E-state index contributed by atoms with van der Waals surface area (Å²) in [7, 11) is -6.75. The van der Waals surface area contributed by atoms with Crippen LogP contribution in [0.5, 0.6) is 5.75 Å². The van der Waals surface area contributed by atoms with Crippen LogP contribution in [0.4, 0.5) is 5.69 Å². The zero-order chi connectivity index (χ0) is 20.7. The van der Waals surface area contributed by atoms with Gasteiger partial charge in [-0.3, -0.25) is 4.79 Å². The van der Waals surface area contributed by atoms with Crippen LogP contribution in [0.25, 0.3) is 0 Å². The zero-order valence-electron chi connectivity index (χ0n) is 15.7. The molecule has 0 spiro atoms. The molecule has 0 fully saturated rings. The van der Waals surface area contributed by atoms with E-state index in [2.05, 4.69) is 0 Å². The van der Waals surface area contributed by atoms with E-state index in [1.54, 1.807) is 32.0 Å². The third kappa shape index (κ3) is 3.90. The molecule has 7 nitrogen and oxygen atoms in total. The first-order valence-electron chi connectivity index (χ1n) is 8.67. The fourth-order valence-corrected chi connectivity index (χ4v) is 4.47. The number of anilines is 1. The molecule has 1 aliphatic heterocycles. The van der Waals surface area contributed by atoms with Crippen LogP contribution in [0.1, 0.15) is 19.4 Å². The van der Waals surface area contributed by atoms with E-state index in [0.29, 0.717) is 17.0 Å². The number of benzene rings is 2. The topological polar surface area (TPSA) is 97.8 Å². The van der Waals surface area contributed by atoms with Gasteiger partial charge in [0.15, 0.2) is 25.8 Å². The van der Waals surface area contributed by atoms with Crippen LogP contribution >= 0.6 is 0 Å². The second kappa shape index (κ2) is 7.21. The molecule has 9 heteroatoms. The van der Waals surface area contributed by atoms with Crippen molar-refractivity contribution >= 4 is 31.3 Å². The first-order chi connectivity index (χ1) is 13.0. The molecule has 1 heterocycles. The summed E-state index contributed by atoms with van der Waals surface area (Å²) in [6.45, 7) is 3.35. The fraction of sp³-hybridized carbons (Fsp3) is 0.316. The summed E-state index contributed by atoms with van der Waals surface area (Å²) < 4.78 is 53.3. The lowest BCUT2D eigenvalue weighted by atomic mass is 10.1. The largest absolute Gasteiger partial charge is 0.479 e. The van der Waals surface area contributed by atoms with Crippen molar-refractivity contribution in [2.45, 2.75) is 36.3 Å². The van der Waals surface area contributed by atoms with Gasteiger partial charge in [0, 0.05) is 6.26 Å². The molecule has 0 saturated carbocycles. The first kappa shape index (κ1) is 20.3. The maximum absolute atomic E-state index is 12.7. The van der Waals surface area contributed by atoms with Crippen LogP contribution in [0, 0.1) is 0 Å². The molecule has 0 aliphatic carbocycles. The predicted octanol–water partition coefficient (Wildman–Crippen LogP) is 2.20. The summed E-state index contributed by atoms with van der Waals surface area (Å²) >= 11 is 0. The van der Waals surface area contributed by atoms with Gasteiger partial charge in [0.1, 0.15) is 5.75 Å². The standard InChI is InChI=1S/C19H21NO6S2/c1-4-28(24,25)16-9-10-18-17(11-16)20(19(21)13(2)26-18)12-14-5-7-15(8-6-14)27(3,22)23/h5-11,13H,4,12H2,1-3H3. The van der Waals surface area contributed by atoms with Gasteiger partial charge in [-0.05, 0) is 42.8 Å². The van der Waals surface area contributed by atoms with Gasteiger partial charge in [-0.2, -0.15) is 0 Å². The highest BCUT2D eigenvalue weighted by atomic mass is 32.2. The highest BCUT2D eigenvalue weighted by Crippen LogP contribution is 2.37. The Balaban J connectivity index is 2.01. The second-order valence-corrected chi connectivity index (χ2v) is 10.9. The molecule has 1 amide bonds. The Morgan fingerprint density at radius 2 is 1.61 bits per heavy atom. The monoisotopic (exact) mass is 423 g/mol. The number of rotatable bonds is 5. The number of carbonyl (C=O) groups excluding carboxylic acids is 1. The molecule has 0 bridgehead atoms. The third-order valence-corrected chi connectivity index (χ3v) is 7.43. The van der Waals surface area contributed by atoms with Gasteiger partial charge < -0.3 is 9.64 Å². The van der Waals surface area contributed by atoms with E-state index in [0.717, 1.165) is 6.26 Å². The summed E-state index contributed by atoms with van der Waals surface area (Å²) in [5, 5.41) is 0. The van der Waals surface area contributed by atoms with Crippen molar-refractivity contribution in [3.63, 3.8) is 0 Å². The van der Waals surface area contributed by atoms with E-state index in [1.165, 1.54) is 29.2 Å². The van der Waals surface area contributed by atoms with Crippen molar-refractivity contribution in [3.05, 3.63) is 48.0 Å². The van der Waals surface area contributed by atoms with Crippen molar-refractivity contribution in [1.29, 1.82) is 0 Å². The molecule has 0 saturated heterocycles. The number of ether oxygens (including phenoxy) is 1. The number of nitrogens with zero attached hydrogens (tertiary/aromatic N) is 1. The fourth-order valence-electron chi connectivity index (χ4n) is 2.93. The van der Waals surface area contributed by atoms with E-state index < -0.39 is 25.8 Å². The van der Waals surface area contributed by atoms with Crippen molar-refractivity contribution < 1.29 is 26.4 Å². The Labute approximate surface area is 164 Å². The van der Waals surface area contributed by atoms with Crippen molar-refractivity contribution in [2.75, 3.05) is 16.9 Å². The molecule has 1 atom stereocenters. The SMILES string of the molecule is CCS(=O)(=O)c1ccc2c(c1)N(Cc1ccc(S(C)(=O)=O)cc1)C(=O)C(C)O2. The van der Waals surface area contributed by atoms with Crippen molar-refractivity contribution in [2.24, 2.45) is 0 Å². The summed E-state index contributed by atoms with van der Waals surface area (Å²) in [5.74, 6) is 0.0740. The summed E-state index contributed by atoms with van der Waals surface area (Å²) in [6, 6.07) is 10.7. The van der Waals surface area contributed by atoms with Crippen molar-refractivity contribution in [1.82, 2.24) is 0 Å². The van der Waals surface area contributed by atoms with Gasteiger partial charge in [-0.15, -0.1) is 0 Å². The Morgan fingerprint density at radius 1 is 1.00 bits per heavy atom. The van der Waals surface area contributed by atoms with E-state index in [4.69, 9.17) is 4.74 Å². The van der Waals surface area contributed by atoms with Crippen LogP contribution in [0.3, 0.4) is 0 Å². The third-order valence-electron chi connectivity index (χ3n) is 4.57. The lowest BCUT2D eigenvalue weighted by Gasteiger charge is -2.33. The van der Waals surface area contributed by atoms with Crippen molar-refractivity contribution in [3.8, 4) is 5.75 Å². The molecule has 1 aliphatic rings. The number of hydrogen-bond donors (Lipinski definition) is 0. The highest BCUT2D eigenvalue weighted by molar-refractivity contribution is 7.91. The molecule has 2 aromatic carbocycles. The van der Waals surface area contributed by atoms with Gasteiger partial charge in [0.2, 0.25) is 0 Å². The predicted molar refractivity (Wildman–Crippen MR) is 105 cm³/mol. The molecule has 1 unspecified atom stereocenters. The average molecular weight is 424 g/mol. The molecular weight excluding hydrogens is 402 g/mol. The maximum Gasteiger partial charge on any atom is 0.268 e. The lowest BCUT2D eigenvalue weighted by Crippen LogP contribution is -2.44. The molecule has 28 heavy (non-hydrogen) atoms. The van der Waals surface area contributed by atoms with Gasteiger partial charge in [-0.25, -0.2) is 16.8 Å². The number of carbonyl (C=O) groups is 1. The smallest absolute Gasteiger partial charge is 0.268 e. The molecule has 0 radical (unpaired) electrons. The number of sulfone groups is 2. The normalized spacial score (nSPS) is 17.2. The minimum Gasteiger partial charge on any atom is -0.479 e. The number of fused-ring (bicyclic) bond motifs is 1. The van der Waals surface area contributed by atoms with E-state index >= 15 is 0 Å². The van der Waals surface area contributed by atoms with E-state index in [1.807, 2.05) is 0 Å². The van der Waals surface area contributed by atoms with Crippen LogP contribution in [0.15, 0.2) is 52.3 Å². The summed E-state index contributed by atoms with van der Waals surface area (Å²) in [6.07, 6.45) is 0.414. The Morgan fingerprint density at radius 3 is 2.18 bits per heavy atom.